The highest BCUT2D eigenvalue weighted by atomic mass is 35.5. The molecule has 4 heteroatoms. The van der Waals surface area contributed by atoms with Crippen LogP contribution in [-0.4, -0.2) is 8.32 Å². The first-order chi connectivity index (χ1) is 7.28. The monoisotopic (exact) mass is 274 g/mol. The lowest BCUT2D eigenvalue weighted by atomic mass is 10.1. The van der Waals surface area contributed by atoms with Crippen molar-refractivity contribution in [2.75, 3.05) is 0 Å². The van der Waals surface area contributed by atoms with Gasteiger partial charge in [0.2, 0.25) is 8.32 Å². The number of halogens is 2. The predicted octanol–water partition coefficient (Wildman–Crippen LogP) is 4.90. The van der Waals surface area contributed by atoms with Gasteiger partial charge in [-0.1, -0.05) is 35.8 Å². The molecule has 0 bridgehead atoms. The minimum absolute atomic E-state index is 0.639. The van der Waals surface area contributed by atoms with E-state index in [-0.39, 0.29) is 0 Å². The Morgan fingerprint density at radius 1 is 1.31 bits per heavy atom. The molecule has 0 fully saturated rings. The van der Waals surface area contributed by atoms with Crippen molar-refractivity contribution < 1.29 is 4.43 Å². The van der Waals surface area contributed by atoms with Gasteiger partial charge in [0.05, 0.1) is 5.76 Å². The van der Waals surface area contributed by atoms with Crippen LogP contribution in [0.2, 0.25) is 29.7 Å². The largest absolute Gasteiger partial charge is 0.548 e. The first-order valence-electron chi connectivity index (χ1n) is 5.08. The van der Waals surface area contributed by atoms with E-state index in [0.29, 0.717) is 16.5 Å². The smallest absolute Gasteiger partial charge is 0.241 e. The fraction of sp³-hybridized carbons (Fsp3) is 0.333. The van der Waals surface area contributed by atoms with Crippen LogP contribution in [0.4, 0.5) is 0 Å². The molecule has 0 saturated carbocycles. The van der Waals surface area contributed by atoms with Gasteiger partial charge in [-0.15, -0.1) is 0 Å². The topological polar surface area (TPSA) is 9.23 Å². The summed E-state index contributed by atoms with van der Waals surface area (Å²) in [4.78, 5) is 0. The fourth-order valence-electron chi connectivity index (χ4n) is 1.35. The number of hydrogen-bond donors (Lipinski definition) is 0. The lowest BCUT2D eigenvalue weighted by Crippen LogP contribution is -2.25. The van der Waals surface area contributed by atoms with Gasteiger partial charge in [-0.05, 0) is 37.3 Å². The summed E-state index contributed by atoms with van der Waals surface area (Å²) in [5.41, 5.74) is 0.995. The maximum atomic E-state index is 6.08. The van der Waals surface area contributed by atoms with E-state index in [2.05, 4.69) is 26.2 Å². The molecule has 0 N–H and O–H groups in total. The molecule has 88 valence electrons. The van der Waals surface area contributed by atoms with E-state index in [1.807, 2.05) is 12.1 Å². The van der Waals surface area contributed by atoms with Gasteiger partial charge in [0.1, 0.15) is 0 Å². The molecule has 0 spiro atoms. The van der Waals surface area contributed by atoms with Gasteiger partial charge in [-0.2, -0.15) is 0 Å². The minimum Gasteiger partial charge on any atom is -0.548 e. The number of hydrogen-bond acceptors (Lipinski definition) is 1. The van der Waals surface area contributed by atoms with E-state index < -0.39 is 8.32 Å². The van der Waals surface area contributed by atoms with Crippen LogP contribution in [0.15, 0.2) is 30.5 Å². The molecule has 0 amide bonds. The standard InChI is InChI=1S/C12H16Cl2OSi/c1-9(15-16(2,3)4)7-10-5-6-11(13)8-12(10)14/h5-6,8H,1,7H2,2-4H3. The van der Waals surface area contributed by atoms with E-state index >= 15 is 0 Å². The van der Waals surface area contributed by atoms with E-state index in [1.54, 1.807) is 6.07 Å². The molecular formula is C12H16Cl2OSi. The van der Waals surface area contributed by atoms with Crippen molar-refractivity contribution in [1.82, 2.24) is 0 Å². The molecule has 1 aromatic carbocycles. The predicted molar refractivity (Wildman–Crippen MR) is 73.7 cm³/mol. The second-order valence-corrected chi connectivity index (χ2v) is 9.94. The second-order valence-electron chi connectivity index (χ2n) is 4.67. The van der Waals surface area contributed by atoms with E-state index in [0.717, 1.165) is 11.3 Å². The van der Waals surface area contributed by atoms with Gasteiger partial charge in [0.25, 0.3) is 0 Å². The average molecular weight is 275 g/mol. The van der Waals surface area contributed by atoms with Crippen molar-refractivity contribution in [2.45, 2.75) is 26.1 Å². The molecule has 0 saturated heterocycles. The summed E-state index contributed by atoms with van der Waals surface area (Å²) < 4.78 is 5.78. The Morgan fingerprint density at radius 2 is 1.94 bits per heavy atom. The molecule has 0 heterocycles. The summed E-state index contributed by atoms with van der Waals surface area (Å²) in [5, 5.41) is 1.30. The van der Waals surface area contributed by atoms with E-state index in [1.165, 1.54) is 0 Å². The molecule has 1 aromatic rings. The highest BCUT2D eigenvalue weighted by Gasteiger charge is 2.17. The summed E-state index contributed by atoms with van der Waals surface area (Å²) in [6, 6.07) is 5.47. The molecule has 0 unspecified atom stereocenters. The summed E-state index contributed by atoms with van der Waals surface area (Å²) >= 11 is 11.9. The average Bonchev–Trinajstić information content (AvgIpc) is 2.06. The first kappa shape index (κ1) is 13.6. The lowest BCUT2D eigenvalue weighted by Gasteiger charge is -2.21. The summed E-state index contributed by atoms with van der Waals surface area (Å²) in [5.74, 6) is 0.767. The Morgan fingerprint density at radius 3 is 2.44 bits per heavy atom. The number of benzene rings is 1. The maximum Gasteiger partial charge on any atom is 0.241 e. The summed E-state index contributed by atoms with van der Waals surface area (Å²) in [6.45, 7) is 10.3. The van der Waals surface area contributed by atoms with Crippen molar-refractivity contribution in [2.24, 2.45) is 0 Å². The van der Waals surface area contributed by atoms with E-state index in [4.69, 9.17) is 27.6 Å². The summed E-state index contributed by atoms with van der Waals surface area (Å²) in [7, 11) is -1.57. The molecule has 16 heavy (non-hydrogen) atoms. The Kier molecular flexibility index (Phi) is 4.48. The highest BCUT2D eigenvalue weighted by Crippen LogP contribution is 2.24. The van der Waals surface area contributed by atoms with Crippen LogP contribution in [0.5, 0.6) is 0 Å². The fourth-order valence-corrected chi connectivity index (χ4v) is 2.76. The van der Waals surface area contributed by atoms with Crippen molar-refractivity contribution in [3.63, 3.8) is 0 Å². The zero-order valence-electron chi connectivity index (χ0n) is 9.81. The van der Waals surface area contributed by atoms with Crippen LogP contribution >= 0.6 is 23.2 Å². The van der Waals surface area contributed by atoms with Crippen molar-refractivity contribution in [3.8, 4) is 0 Å². The molecule has 0 aliphatic carbocycles. The minimum atomic E-state index is -1.57. The number of allylic oxidation sites excluding steroid dienone is 1. The summed E-state index contributed by atoms with van der Waals surface area (Å²) in [6.07, 6.45) is 0.639. The van der Waals surface area contributed by atoms with Crippen LogP contribution in [0.3, 0.4) is 0 Å². The molecule has 0 atom stereocenters. The zero-order valence-corrected chi connectivity index (χ0v) is 12.3. The highest BCUT2D eigenvalue weighted by molar-refractivity contribution is 6.70. The first-order valence-corrected chi connectivity index (χ1v) is 9.25. The van der Waals surface area contributed by atoms with Crippen molar-refractivity contribution in [1.29, 1.82) is 0 Å². The molecule has 0 aliphatic heterocycles. The van der Waals surface area contributed by atoms with Crippen molar-refractivity contribution in [3.05, 3.63) is 46.1 Å². The van der Waals surface area contributed by atoms with Gasteiger partial charge in [0, 0.05) is 16.5 Å². The van der Waals surface area contributed by atoms with Crippen LogP contribution in [0.1, 0.15) is 5.56 Å². The van der Waals surface area contributed by atoms with Gasteiger partial charge in [-0.25, -0.2) is 0 Å². The third-order valence-corrected chi connectivity index (χ3v) is 3.34. The lowest BCUT2D eigenvalue weighted by molar-refractivity contribution is 0.412. The SMILES string of the molecule is C=C(Cc1ccc(Cl)cc1Cl)O[Si](C)(C)C. The Balaban J connectivity index is 2.70. The van der Waals surface area contributed by atoms with Gasteiger partial charge in [0.15, 0.2) is 0 Å². The maximum absolute atomic E-state index is 6.08. The second kappa shape index (κ2) is 5.26. The van der Waals surface area contributed by atoms with Crippen LogP contribution in [-0.2, 0) is 10.8 Å². The Bertz CT molecular complexity index is 396. The molecule has 1 rings (SSSR count). The van der Waals surface area contributed by atoms with Gasteiger partial charge >= 0.3 is 0 Å². The van der Waals surface area contributed by atoms with Crippen LogP contribution in [0.25, 0.3) is 0 Å². The Labute approximate surface area is 108 Å². The molecular weight excluding hydrogens is 259 g/mol. The third kappa shape index (κ3) is 4.60. The Hall–Kier alpha value is -0.443. The van der Waals surface area contributed by atoms with Crippen LogP contribution < -0.4 is 0 Å². The molecule has 1 nitrogen and oxygen atoms in total. The third-order valence-electron chi connectivity index (χ3n) is 1.85. The molecule has 0 aliphatic rings. The van der Waals surface area contributed by atoms with Gasteiger partial charge in [-0.3, -0.25) is 0 Å². The number of rotatable bonds is 4. The van der Waals surface area contributed by atoms with Crippen molar-refractivity contribution >= 4 is 31.5 Å². The normalized spacial score (nSPS) is 11.3. The quantitative estimate of drug-likeness (QED) is 0.561. The van der Waals surface area contributed by atoms with Crippen LogP contribution in [0, 0.1) is 0 Å². The molecule has 0 radical (unpaired) electrons. The van der Waals surface area contributed by atoms with Gasteiger partial charge < -0.3 is 4.43 Å². The van der Waals surface area contributed by atoms with E-state index in [9.17, 15) is 0 Å². The molecule has 0 aromatic heterocycles. The zero-order chi connectivity index (χ0) is 12.3.